The monoisotopic (exact) mass is 267 g/mol. The van der Waals surface area contributed by atoms with Gasteiger partial charge in [0.2, 0.25) is 0 Å². The Bertz CT molecular complexity index is 672. The third kappa shape index (κ3) is 3.38. The minimum atomic E-state index is -0.453. The van der Waals surface area contributed by atoms with E-state index >= 15 is 0 Å². The van der Waals surface area contributed by atoms with Gasteiger partial charge in [-0.3, -0.25) is 14.9 Å². The van der Waals surface area contributed by atoms with Gasteiger partial charge in [0, 0.05) is 17.7 Å². The summed E-state index contributed by atoms with van der Waals surface area (Å²) in [7, 11) is 0. The second-order valence-corrected chi connectivity index (χ2v) is 4.42. The summed E-state index contributed by atoms with van der Waals surface area (Å²) in [5.74, 6) is -0.0907. The van der Waals surface area contributed by atoms with Crippen LogP contribution in [0.3, 0.4) is 0 Å². The minimum absolute atomic E-state index is 0.0344. The van der Waals surface area contributed by atoms with E-state index in [0.29, 0.717) is 5.56 Å². The zero-order valence-electron chi connectivity index (χ0n) is 10.9. The molecule has 20 heavy (non-hydrogen) atoms. The number of allylic oxidation sites excluding steroid dienone is 1. The van der Waals surface area contributed by atoms with Crippen molar-refractivity contribution in [3.63, 3.8) is 0 Å². The lowest BCUT2D eigenvalue weighted by atomic mass is 10.1. The summed E-state index contributed by atoms with van der Waals surface area (Å²) in [4.78, 5) is 22.0. The van der Waals surface area contributed by atoms with Gasteiger partial charge in [0.25, 0.3) is 5.69 Å². The number of hydrogen-bond acceptors (Lipinski definition) is 3. The van der Waals surface area contributed by atoms with Crippen molar-refractivity contribution in [3.05, 3.63) is 81.4 Å². The van der Waals surface area contributed by atoms with E-state index in [1.807, 2.05) is 25.1 Å². The Morgan fingerprint density at radius 2 is 1.85 bits per heavy atom. The SMILES string of the molecule is Cc1cccc(C(=O)/C=C/c2ccc([N+](=O)[O-])cc2)c1. The third-order valence-electron chi connectivity index (χ3n) is 2.83. The molecule has 0 aliphatic rings. The summed E-state index contributed by atoms with van der Waals surface area (Å²) < 4.78 is 0. The molecule has 0 bridgehead atoms. The Morgan fingerprint density at radius 1 is 1.15 bits per heavy atom. The Kier molecular flexibility index (Phi) is 4.05. The molecule has 0 amide bonds. The van der Waals surface area contributed by atoms with E-state index < -0.39 is 4.92 Å². The predicted molar refractivity (Wildman–Crippen MR) is 77.6 cm³/mol. The predicted octanol–water partition coefficient (Wildman–Crippen LogP) is 3.80. The number of rotatable bonds is 4. The molecule has 0 aliphatic carbocycles. The molecule has 0 saturated heterocycles. The summed E-state index contributed by atoms with van der Waals surface area (Å²) in [5, 5.41) is 10.5. The summed E-state index contributed by atoms with van der Waals surface area (Å²) in [6.07, 6.45) is 3.12. The average Bonchev–Trinajstić information content (AvgIpc) is 2.45. The highest BCUT2D eigenvalue weighted by molar-refractivity contribution is 6.06. The van der Waals surface area contributed by atoms with Crippen molar-refractivity contribution >= 4 is 17.5 Å². The molecule has 0 atom stereocenters. The smallest absolute Gasteiger partial charge is 0.269 e. The first kappa shape index (κ1) is 13.7. The van der Waals surface area contributed by atoms with Gasteiger partial charge in [0.15, 0.2) is 5.78 Å². The van der Waals surface area contributed by atoms with Crippen molar-refractivity contribution in [2.45, 2.75) is 6.92 Å². The van der Waals surface area contributed by atoms with Crippen LogP contribution in [0, 0.1) is 17.0 Å². The van der Waals surface area contributed by atoms with Crippen LogP contribution in [0.15, 0.2) is 54.6 Å². The van der Waals surface area contributed by atoms with E-state index in [0.717, 1.165) is 11.1 Å². The lowest BCUT2D eigenvalue weighted by Crippen LogP contribution is -1.94. The zero-order valence-corrected chi connectivity index (χ0v) is 10.9. The summed E-state index contributed by atoms with van der Waals surface area (Å²) in [5.41, 5.74) is 2.44. The number of benzene rings is 2. The number of hydrogen-bond donors (Lipinski definition) is 0. The Morgan fingerprint density at radius 3 is 2.45 bits per heavy atom. The van der Waals surface area contributed by atoms with Crippen molar-refractivity contribution in [2.75, 3.05) is 0 Å². The van der Waals surface area contributed by atoms with Gasteiger partial charge in [-0.1, -0.05) is 29.8 Å². The molecule has 0 heterocycles. The molecule has 2 aromatic rings. The molecule has 0 unspecified atom stereocenters. The molecule has 0 spiro atoms. The van der Waals surface area contributed by atoms with E-state index in [4.69, 9.17) is 0 Å². The van der Waals surface area contributed by atoms with E-state index in [-0.39, 0.29) is 11.5 Å². The summed E-state index contributed by atoms with van der Waals surface area (Å²) in [6.45, 7) is 1.93. The lowest BCUT2D eigenvalue weighted by molar-refractivity contribution is -0.384. The van der Waals surface area contributed by atoms with E-state index in [1.165, 1.54) is 18.2 Å². The Balaban J connectivity index is 2.13. The van der Waals surface area contributed by atoms with E-state index in [1.54, 1.807) is 24.3 Å². The molecule has 0 aromatic heterocycles. The van der Waals surface area contributed by atoms with Crippen LogP contribution in [0.25, 0.3) is 6.08 Å². The first-order valence-corrected chi connectivity index (χ1v) is 6.10. The zero-order chi connectivity index (χ0) is 14.5. The van der Waals surface area contributed by atoms with Crippen molar-refractivity contribution in [3.8, 4) is 0 Å². The fourth-order valence-corrected chi connectivity index (χ4v) is 1.77. The van der Waals surface area contributed by atoms with Gasteiger partial charge in [-0.2, -0.15) is 0 Å². The second kappa shape index (κ2) is 5.93. The number of ketones is 1. The molecule has 0 aliphatic heterocycles. The number of non-ortho nitro benzene ring substituents is 1. The molecular weight excluding hydrogens is 254 g/mol. The van der Waals surface area contributed by atoms with Crippen LogP contribution >= 0.6 is 0 Å². The highest BCUT2D eigenvalue weighted by Gasteiger charge is 2.04. The summed E-state index contributed by atoms with van der Waals surface area (Å²) >= 11 is 0. The Hall–Kier alpha value is -2.75. The normalized spacial score (nSPS) is 10.7. The maximum atomic E-state index is 12.0. The maximum absolute atomic E-state index is 12.0. The maximum Gasteiger partial charge on any atom is 0.269 e. The fourth-order valence-electron chi connectivity index (χ4n) is 1.77. The number of nitro groups is 1. The van der Waals surface area contributed by atoms with Crippen LogP contribution in [0.1, 0.15) is 21.5 Å². The summed E-state index contributed by atoms with van der Waals surface area (Å²) in [6, 6.07) is 13.4. The molecule has 0 fully saturated rings. The van der Waals surface area contributed by atoms with Gasteiger partial charge in [-0.15, -0.1) is 0 Å². The topological polar surface area (TPSA) is 60.2 Å². The van der Waals surface area contributed by atoms with Gasteiger partial charge in [0.1, 0.15) is 0 Å². The van der Waals surface area contributed by atoms with Crippen LogP contribution in [0.2, 0.25) is 0 Å². The van der Waals surface area contributed by atoms with E-state index in [9.17, 15) is 14.9 Å². The van der Waals surface area contributed by atoms with Crippen LogP contribution in [-0.2, 0) is 0 Å². The van der Waals surface area contributed by atoms with Crippen molar-refractivity contribution in [1.82, 2.24) is 0 Å². The molecule has 0 radical (unpaired) electrons. The lowest BCUT2D eigenvalue weighted by Gasteiger charge is -1.97. The Labute approximate surface area is 116 Å². The second-order valence-electron chi connectivity index (χ2n) is 4.42. The number of nitro benzene ring substituents is 1. The van der Waals surface area contributed by atoms with Crippen molar-refractivity contribution < 1.29 is 9.72 Å². The highest BCUT2D eigenvalue weighted by Crippen LogP contribution is 2.13. The number of aryl methyl sites for hydroxylation is 1. The molecule has 0 saturated carbocycles. The molecule has 4 heteroatoms. The van der Waals surface area contributed by atoms with Crippen LogP contribution in [0.4, 0.5) is 5.69 Å². The molecule has 2 rings (SSSR count). The largest absolute Gasteiger partial charge is 0.289 e. The van der Waals surface area contributed by atoms with E-state index in [2.05, 4.69) is 0 Å². The van der Waals surface area contributed by atoms with Crippen molar-refractivity contribution in [1.29, 1.82) is 0 Å². The van der Waals surface area contributed by atoms with Crippen LogP contribution in [0.5, 0.6) is 0 Å². The first-order valence-electron chi connectivity index (χ1n) is 6.10. The number of nitrogens with zero attached hydrogens (tertiary/aromatic N) is 1. The van der Waals surface area contributed by atoms with Gasteiger partial charge < -0.3 is 0 Å². The minimum Gasteiger partial charge on any atom is -0.289 e. The third-order valence-corrected chi connectivity index (χ3v) is 2.83. The molecule has 4 nitrogen and oxygen atoms in total. The average molecular weight is 267 g/mol. The molecule has 100 valence electrons. The fraction of sp³-hybridized carbons (Fsp3) is 0.0625. The van der Waals surface area contributed by atoms with Crippen LogP contribution < -0.4 is 0 Å². The molecular formula is C16H13NO3. The van der Waals surface area contributed by atoms with Crippen LogP contribution in [-0.4, -0.2) is 10.7 Å². The van der Waals surface area contributed by atoms with Gasteiger partial charge in [-0.05, 0) is 36.8 Å². The first-order chi connectivity index (χ1) is 9.56. The number of carbonyl (C=O) groups is 1. The highest BCUT2D eigenvalue weighted by atomic mass is 16.6. The van der Waals surface area contributed by atoms with Gasteiger partial charge in [-0.25, -0.2) is 0 Å². The quantitative estimate of drug-likeness (QED) is 0.366. The van der Waals surface area contributed by atoms with Gasteiger partial charge >= 0.3 is 0 Å². The number of carbonyl (C=O) groups excluding carboxylic acids is 1. The standard InChI is InChI=1S/C16H13NO3/c1-12-3-2-4-14(11-12)16(18)10-7-13-5-8-15(9-6-13)17(19)20/h2-11H,1H3/b10-7+. The molecule has 0 N–H and O–H groups in total. The molecule has 2 aromatic carbocycles. The van der Waals surface area contributed by atoms with Crippen molar-refractivity contribution in [2.24, 2.45) is 0 Å². The van der Waals surface area contributed by atoms with Gasteiger partial charge in [0.05, 0.1) is 4.92 Å².